The van der Waals surface area contributed by atoms with Crippen LogP contribution in [0.2, 0.25) is 0 Å². The summed E-state index contributed by atoms with van der Waals surface area (Å²) in [5.74, 6) is -0.591. The molecule has 0 aromatic heterocycles. The van der Waals surface area contributed by atoms with Crippen molar-refractivity contribution in [1.82, 2.24) is 9.80 Å². The van der Waals surface area contributed by atoms with Crippen molar-refractivity contribution in [1.29, 1.82) is 0 Å². The van der Waals surface area contributed by atoms with Crippen LogP contribution < -0.4 is 4.90 Å². The van der Waals surface area contributed by atoms with E-state index in [1.807, 2.05) is 49.4 Å². The smallest absolute Gasteiger partial charge is 0.294 e. The number of carbonyl (C=O) groups excluding carboxylic acids is 3. The Morgan fingerprint density at radius 3 is 2.33 bits per heavy atom. The lowest BCUT2D eigenvalue weighted by Gasteiger charge is -2.36. The highest BCUT2D eigenvalue weighted by molar-refractivity contribution is 8.18. The summed E-state index contributed by atoms with van der Waals surface area (Å²) in [7, 11) is 0. The standard InChI is InChI=1S/C23H23N3O3S/c1-17-7-5-6-8-18(17)15-20-22(28)26(23(29)30-20)16-21(27)25-13-11-24(12-14-25)19-9-3-2-4-10-19/h2-10,15H,11-14,16H2,1H3/b20-15+. The Labute approximate surface area is 180 Å². The Hall–Kier alpha value is -3.06. The highest BCUT2D eigenvalue weighted by Gasteiger charge is 2.37. The van der Waals surface area contributed by atoms with E-state index < -0.39 is 11.1 Å². The summed E-state index contributed by atoms with van der Waals surface area (Å²) in [4.78, 5) is 43.2. The zero-order valence-electron chi connectivity index (χ0n) is 16.8. The summed E-state index contributed by atoms with van der Waals surface area (Å²) < 4.78 is 0. The van der Waals surface area contributed by atoms with E-state index >= 15 is 0 Å². The van der Waals surface area contributed by atoms with Crippen molar-refractivity contribution < 1.29 is 14.4 Å². The van der Waals surface area contributed by atoms with Gasteiger partial charge in [-0.2, -0.15) is 0 Å². The molecule has 2 aromatic carbocycles. The molecule has 0 aliphatic carbocycles. The van der Waals surface area contributed by atoms with E-state index in [-0.39, 0.29) is 12.5 Å². The maximum absolute atomic E-state index is 12.7. The molecule has 0 saturated carbocycles. The van der Waals surface area contributed by atoms with Crippen LogP contribution in [0, 0.1) is 6.92 Å². The fourth-order valence-electron chi connectivity index (χ4n) is 3.61. The number of hydrogen-bond acceptors (Lipinski definition) is 5. The Balaban J connectivity index is 1.37. The van der Waals surface area contributed by atoms with Gasteiger partial charge in [-0.25, -0.2) is 0 Å². The van der Waals surface area contributed by atoms with Crippen LogP contribution in [0.3, 0.4) is 0 Å². The van der Waals surface area contributed by atoms with Gasteiger partial charge in [-0.15, -0.1) is 0 Å². The molecule has 7 heteroatoms. The van der Waals surface area contributed by atoms with E-state index in [2.05, 4.69) is 17.0 Å². The van der Waals surface area contributed by atoms with Crippen LogP contribution in [0.5, 0.6) is 0 Å². The number of carbonyl (C=O) groups is 3. The van der Waals surface area contributed by atoms with E-state index in [0.29, 0.717) is 18.0 Å². The lowest BCUT2D eigenvalue weighted by Crippen LogP contribution is -2.51. The third-order valence-electron chi connectivity index (χ3n) is 5.40. The van der Waals surface area contributed by atoms with Gasteiger partial charge >= 0.3 is 0 Å². The largest absolute Gasteiger partial charge is 0.368 e. The molecule has 0 atom stereocenters. The van der Waals surface area contributed by atoms with Gasteiger partial charge in [0.05, 0.1) is 4.91 Å². The van der Waals surface area contributed by atoms with Crippen LogP contribution in [0.4, 0.5) is 10.5 Å². The Morgan fingerprint density at radius 2 is 1.63 bits per heavy atom. The molecule has 0 bridgehead atoms. The summed E-state index contributed by atoms with van der Waals surface area (Å²) in [5.41, 5.74) is 3.06. The molecule has 2 fully saturated rings. The minimum absolute atomic E-state index is 0.192. The van der Waals surface area contributed by atoms with Crippen molar-refractivity contribution in [3.63, 3.8) is 0 Å². The Kier molecular flexibility index (Phi) is 5.90. The minimum atomic E-state index is -0.399. The normalized spacial score (nSPS) is 18.4. The zero-order valence-corrected chi connectivity index (χ0v) is 17.6. The summed E-state index contributed by atoms with van der Waals surface area (Å²) >= 11 is 0.891. The number of piperazine rings is 1. The van der Waals surface area contributed by atoms with E-state index in [1.165, 1.54) is 0 Å². The zero-order chi connectivity index (χ0) is 21.1. The van der Waals surface area contributed by atoms with Crippen molar-refractivity contribution >= 4 is 40.6 Å². The van der Waals surface area contributed by atoms with Crippen molar-refractivity contribution in [2.75, 3.05) is 37.6 Å². The first-order valence-corrected chi connectivity index (χ1v) is 10.7. The molecule has 2 aromatic rings. The molecule has 154 valence electrons. The lowest BCUT2D eigenvalue weighted by atomic mass is 10.1. The summed E-state index contributed by atoms with van der Waals surface area (Å²) in [6.07, 6.45) is 1.73. The second-order valence-electron chi connectivity index (χ2n) is 7.33. The van der Waals surface area contributed by atoms with Crippen LogP contribution in [-0.2, 0) is 9.59 Å². The topological polar surface area (TPSA) is 60.9 Å². The molecule has 0 unspecified atom stereocenters. The number of hydrogen-bond donors (Lipinski definition) is 0. The van der Waals surface area contributed by atoms with Gasteiger partial charge in [0, 0.05) is 31.9 Å². The summed E-state index contributed by atoms with van der Waals surface area (Å²) in [6.45, 7) is 4.34. The number of amides is 3. The summed E-state index contributed by atoms with van der Waals surface area (Å²) in [5, 5.41) is -0.392. The molecule has 2 aliphatic heterocycles. The van der Waals surface area contributed by atoms with Gasteiger partial charge in [-0.1, -0.05) is 42.5 Å². The molecule has 2 saturated heterocycles. The molecule has 0 N–H and O–H groups in total. The lowest BCUT2D eigenvalue weighted by molar-refractivity contribution is -0.136. The van der Waals surface area contributed by atoms with Crippen molar-refractivity contribution in [3.05, 3.63) is 70.6 Å². The van der Waals surface area contributed by atoms with Crippen LogP contribution in [0.25, 0.3) is 6.08 Å². The first-order valence-electron chi connectivity index (χ1n) is 9.92. The van der Waals surface area contributed by atoms with Crippen LogP contribution in [0.1, 0.15) is 11.1 Å². The van der Waals surface area contributed by atoms with Crippen LogP contribution in [-0.4, -0.2) is 59.6 Å². The fourth-order valence-corrected chi connectivity index (χ4v) is 4.44. The molecule has 0 spiro atoms. The Morgan fingerprint density at radius 1 is 0.967 bits per heavy atom. The molecule has 2 heterocycles. The molecule has 6 nitrogen and oxygen atoms in total. The van der Waals surface area contributed by atoms with Gasteiger partial charge in [0.15, 0.2) is 0 Å². The van der Waals surface area contributed by atoms with Crippen molar-refractivity contribution in [2.24, 2.45) is 0 Å². The first-order chi connectivity index (χ1) is 14.5. The van der Waals surface area contributed by atoms with Crippen molar-refractivity contribution in [3.8, 4) is 0 Å². The van der Waals surface area contributed by atoms with Gasteiger partial charge in [-0.05, 0) is 48.0 Å². The van der Waals surface area contributed by atoms with Crippen molar-refractivity contribution in [2.45, 2.75) is 6.92 Å². The van der Waals surface area contributed by atoms with Gasteiger partial charge in [0.2, 0.25) is 5.91 Å². The molecule has 4 rings (SSSR count). The van der Waals surface area contributed by atoms with E-state index in [4.69, 9.17) is 0 Å². The molecule has 3 amide bonds. The van der Waals surface area contributed by atoms with Crippen LogP contribution >= 0.6 is 11.8 Å². The van der Waals surface area contributed by atoms with E-state index in [9.17, 15) is 14.4 Å². The number of thioether (sulfide) groups is 1. The molecule has 0 radical (unpaired) electrons. The van der Waals surface area contributed by atoms with Gasteiger partial charge in [-0.3, -0.25) is 19.3 Å². The van der Waals surface area contributed by atoms with E-state index in [1.54, 1.807) is 11.0 Å². The Bertz CT molecular complexity index is 998. The quantitative estimate of drug-likeness (QED) is 0.709. The first kappa shape index (κ1) is 20.2. The highest BCUT2D eigenvalue weighted by Crippen LogP contribution is 2.32. The molecular formula is C23H23N3O3S. The average molecular weight is 422 g/mol. The highest BCUT2D eigenvalue weighted by atomic mass is 32.2. The fraction of sp³-hybridized carbons (Fsp3) is 0.261. The van der Waals surface area contributed by atoms with Gasteiger partial charge in [0.25, 0.3) is 11.1 Å². The predicted octanol–water partition coefficient (Wildman–Crippen LogP) is 3.38. The van der Waals surface area contributed by atoms with Crippen LogP contribution in [0.15, 0.2) is 59.5 Å². The minimum Gasteiger partial charge on any atom is -0.368 e. The maximum Gasteiger partial charge on any atom is 0.294 e. The molecule has 2 aliphatic rings. The van der Waals surface area contributed by atoms with Gasteiger partial charge in [0.1, 0.15) is 6.54 Å². The number of para-hydroxylation sites is 1. The average Bonchev–Trinajstić information content (AvgIpc) is 3.03. The number of aryl methyl sites for hydroxylation is 1. The molecule has 30 heavy (non-hydrogen) atoms. The third kappa shape index (κ3) is 4.26. The maximum atomic E-state index is 12.7. The predicted molar refractivity (Wildman–Crippen MR) is 119 cm³/mol. The second kappa shape index (κ2) is 8.75. The summed E-state index contributed by atoms with van der Waals surface area (Å²) in [6, 6.07) is 17.8. The number of rotatable bonds is 4. The monoisotopic (exact) mass is 421 g/mol. The number of anilines is 1. The number of nitrogens with zero attached hydrogens (tertiary/aromatic N) is 3. The van der Waals surface area contributed by atoms with Gasteiger partial charge < -0.3 is 9.80 Å². The van der Waals surface area contributed by atoms with E-state index in [0.717, 1.165) is 46.6 Å². The molecular weight excluding hydrogens is 398 g/mol. The third-order valence-corrected chi connectivity index (χ3v) is 6.30. The second-order valence-corrected chi connectivity index (χ2v) is 8.32. The number of benzene rings is 2. The SMILES string of the molecule is Cc1ccccc1/C=C1/SC(=O)N(CC(=O)N2CCN(c3ccccc3)CC2)C1=O. The number of imide groups is 1.